The smallest absolute Gasteiger partial charge is 0.331 e. The van der Waals surface area contributed by atoms with E-state index in [9.17, 15) is 9.59 Å². The van der Waals surface area contributed by atoms with E-state index in [4.69, 9.17) is 21.1 Å². The van der Waals surface area contributed by atoms with Gasteiger partial charge in [-0.3, -0.25) is 4.79 Å². The number of benzene rings is 2. The predicted molar refractivity (Wildman–Crippen MR) is 93.1 cm³/mol. The number of methoxy groups -OCH3 is 1. The largest absolute Gasteiger partial charge is 0.497 e. The average molecular weight is 346 g/mol. The van der Waals surface area contributed by atoms with Crippen LogP contribution < -0.4 is 10.1 Å². The van der Waals surface area contributed by atoms with Gasteiger partial charge in [-0.25, -0.2) is 4.79 Å². The molecular formula is C18H16ClNO4. The van der Waals surface area contributed by atoms with Crippen LogP contribution in [-0.2, 0) is 14.3 Å². The summed E-state index contributed by atoms with van der Waals surface area (Å²) in [7, 11) is 1.54. The zero-order valence-corrected chi connectivity index (χ0v) is 13.7. The van der Waals surface area contributed by atoms with Crippen LogP contribution in [0.4, 0.5) is 5.69 Å². The lowest BCUT2D eigenvalue weighted by Crippen LogP contribution is -2.20. The molecule has 5 nitrogen and oxygen atoms in total. The SMILES string of the molecule is COc1cccc(NC(=O)COC(=O)C=Cc2cccc(Cl)c2)c1. The average Bonchev–Trinajstić information content (AvgIpc) is 2.58. The number of nitrogens with one attached hydrogen (secondary N) is 1. The molecule has 0 heterocycles. The molecule has 0 aliphatic rings. The maximum Gasteiger partial charge on any atom is 0.331 e. The van der Waals surface area contributed by atoms with E-state index >= 15 is 0 Å². The van der Waals surface area contributed by atoms with E-state index in [-0.39, 0.29) is 6.61 Å². The number of ether oxygens (including phenoxy) is 2. The molecule has 0 saturated heterocycles. The molecule has 0 atom stereocenters. The second-order valence-electron chi connectivity index (χ2n) is 4.78. The zero-order chi connectivity index (χ0) is 17.4. The van der Waals surface area contributed by atoms with E-state index in [1.54, 1.807) is 54.6 Å². The molecule has 0 aromatic heterocycles. The predicted octanol–water partition coefficient (Wildman–Crippen LogP) is 3.54. The number of anilines is 1. The van der Waals surface area contributed by atoms with Crippen molar-refractivity contribution >= 4 is 35.2 Å². The molecule has 6 heteroatoms. The first-order chi connectivity index (χ1) is 11.6. The molecular weight excluding hydrogens is 330 g/mol. The molecule has 0 saturated carbocycles. The van der Waals surface area contributed by atoms with Crippen molar-refractivity contribution in [2.75, 3.05) is 19.0 Å². The Morgan fingerprint density at radius 3 is 2.71 bits per heavy atom. The molecule has 0 unspecified atom stereocenters. The third-order valence-electron chi connectivity index (χ3n) is 2.96. The molecule has 2 aromatic carbocycles. The van der Waals surface area contributed by atoms with Crippen LogP contribution in [0.2, 0.25) is 5.02 Å². The summed E-state index contributed by atoms with van der Waals surface area (Å²) in [5, 5.41) is 3.19. The molecule has 1 N–H and O–H groups in total. The van der Waals surface area contributed by atoms with Gasteiger partial charge < -0.3 is 14.8 Å². The van der Waals surface area contributed by atoms with E-state index in [1.807, 2.05) is 0 Å². The standard InChI is InChI=1S/C18H16ClNO4/c1-23-16-7-3-6-15(11-16)20-17(21)12-24-18(22)9-8-13-4-2-5-14(19)10-13/h2-11H,12H2,1H3,(H,20,21). The first-order valence-electron chi connectivity index (χ1n) is 7.11. The summed E-state index contributed by atoms with van der Waals surface area (Å²) in [5.41, 5.74) is 1.32. The fourth-order valence-electron chi connectivity index (χ4n) is 1.86. The molecule has 2 aromatic rings. The summed E-state index contributed by atoms with van der Waals surface area (Å²) < 4.78 is 9.94. The highest BCUT2D eigenvalue weighted by atomic mass is 35.5. The van der Waals surface area contributed by atoms with Gasteiger partial charge in [-0.1, -0.05) is 29.8 Å². The lowest BCUT2D eigenvalue weighted by molar-refractivity contribution is -0.142. The van der Waals surface area contributed by atoms with Crippen LogP contribution in [0.5, 0.6) is 5.75 Å². The number of amides is 1. The Morgan fingerprint density at radius 2 is 1.96 bits per heavy atom. The van der Waals surface area contributed by atoms with Crippen LogP contribution >= 0.6 is 11.6 Å². The minimum atomic E-state index is -0.615. The fourth-order valence-corrected chi connectivity index (χ4v) is 2.06. The Morgan fingerprint density at radius 1 is 1.17 bits per heavy atom. The van der Waals surface area contributed by atoms with Gasteiger partial charge in [0.2, 0.25) is 0 Å². The van der Waals surface area contributed by atoms with E-state index in [0.29, 0.717) is 16.5 Å². The number of esters is 1. The quantitative estimate of drug-likeness (QED) is 0.642. The topological polar surface area (TPSA) is 64.6 Å². The van der Waals surface area contributed by atoms with Gasteiger partial charge in [0.1, 0.15) is 5.75 Å². The summed E-state index contributed by atoms with van der Waals surface area (Å²) >= 11 is 5.85. The Labute approximate surface area is 144 Å². The van der Waals surface area contributed by atoms with Gasteiger partial charge >= 0.3 is 5.97 Å². The summed E-state index contributed by atoms with van der Waals surface area (Å²) in [6.45, 7) is -0.379. The minimum Gasteiger partial charge on any atom is -0.497 e. The Balaban J connectivity index is 1.81. The highest BCUT2D eigenvalue weighted by molar-refractivity contribution is 6.30. The maximum atomic E-state index is 11.8. The maximum absolute atomic E-state index is 11.8. The van der Waals surface area contributed by atoms with Crippen molar-refractivity contribution in [3.05, 3.63) is 65.2 Å². The second kappa shape index (κ2) is 8.74. The van der Waals surface area contributed by atoms with Crippen LogP contribution in [0, 0.1) is 0 Å². The zero-order valence-electron chi connectivity index (χ0n) is 13.0. The number of carbonyl (C=O) groups is 2. The fraction of sp³-hybridized carbons (Fsp3) is 0.111. The molecule has 2 rings (SSSR count). The molecule has 0 aliphatic carbocycles. The number of hydrogen-bond acceptors (Lipinski definition) is 4. The van der Waals surface area contributed by atoms with Crippen LogP contribution in [0.3, 0.4) is 0 Å². The van der Waals surface area contributed by atoms with Crippen LogP contribution in [0.1, 0.15) is 5.56 Å². The second-order valence-corrected chi connectivity index (χ2v) is 5.21. The van der Waals surface area contributed by atoms with Gasteiger partial charge in [0.05, 0.1) is 7.11 Å². The Bertz CT molecular complexity index is 758. The van der Waals surface area contributed by atoms with Crippen molar-refractivity contribution < 1.29 is 19.1 Å². The summed E-state index contributed by atoms with van der Waals surface area (Å²) in [6.07, 6.45) is 2.80. The summed E-state index contributed by atoms with van der Waals surface area (Å²) in [6, 6.07) is 13.9. The molecule has 124 valence electrons. The Hall–Kier alpha value is -2.79. The van der Waals surface area contributed by atoms with Crippen LogP contribution in [0.25, 0.3) is 6.08 Å². The van der Waals surface area contributed by atoms with Crippen molar-refractivity contribution in [3.8, 4) is 5.75 Å². The highest BCUT2D eigenvalue weighted by Crippen LogP contribution is 2.16. The van der Waals surface area contributed by atoms with E-state index in [1.165, 1.54) is 13.2 Å². The summed E-state index contributed by atoms with van der Waals surface area (Å²) in [4.78, 5) is 23.4. The van der Waals surface area contributed by atoms with Crippen molar-refractivity contribution in [1.82, 2.24) is 0 Å². The van der Waals surface area contributed by atoms with Gasteiger partial charge in [-0.15, -0.1) is 0 Å². The van der Waals surface area contributed by atoms with Gasteiger partial charge in [-0.05, 0) is 35.9 Å². The lowest BCUT2D eigenvalue weighted by Gasteiger charge is -2.07. The van der Waals surface area contributed by atoms with Gasteiger partial charge in [0, 0.05) is 22.9 Å². The first kappa shape index (κ1) is 17.6. The van der Waals surface area contributed by atoms with Crippen molar-refractivity contribution in [1.29, 1.82) is 0 Å². The first-order valence-corrected chi connectivity index (χ1v) is 7.49. The molecule has 0 radical (unpaired) electrons. The molecule has 1 amide bonds. The normalized spacial score (nSPS) is 10.4. The van der Waals surface area contributed by atoms with Crippen molar-refractivity contribution in [2.45, 2.75) is 0 Å². The Kier molecular flexibility index (Phi) is 6.40. The highest BCUT2D eigenvalue weighted by Gasteiger charge is 2.06. The molecule has 0 fully saturated rings. The number of hydrogen-bond donors (Lipinski definition) is 1. The number of rotatable bonds is 6. The third kappa shape index (κ3) is 5.78. The summed E-state index contributed by atoms with van der Waals surface area (Å²) in [5.74, 6) is -0.433. The van der Waals surface area contributed by atoms with E-state index in [2.05, 4.69) is 5.32 Å². The minimum absolute atomic E-state index is 0.379. The molecule has 0 bridgehead atoms. The van der Waals surface area contributed by atoms with Crippen molar-refractivity contribution in [3.63, 3.8) is 0 Å². The van der Waals surface area contributed by atoms with E-state index in [0.717, 1.165) is 5.56 Å². The van der Waals surface area contributed by atoms with Crippen LogP contribution in [-0.4, -0.2) is 25.6 Å². The molecule has 24 heavy (non-hydrogen) atoms. The lowest BCUT2D eigenvalue weighted by atomic mass is 10.2. The molecule has 0 spiro atoms. The number of halogens is 1. The van der Waals surface area contributed by atoms with E-state index < -0.39 is 11.9 Å². The van der Waals surface area contributed by atoms with Gasteiger partial charge in [-0.2, -0.15) is 0 Å². The van der Waals surface area contributed by atoms with Gasteiger partial charge in [0.15, 0.2) is 6.61 Å². The molecule has 0 aliphatic heterocycles. The van der Waals surface area contributed by atoms with Gasteiger partial charge in [0.25, 0.3) is 5.91 Å². The third-order valence-corrected chi connectivity index (χ3v) is 3.19. The monoisotopic (exact) mass is 345 g/mol. The van der Waals surface area contributed by atoms with Crippen molar-refractivity contribution in [2.24, 2.45) is 0 Å². The number of carbonyl (C=O) groups excluding carboxylic acids is 2. The van der Waals surface area contributed by atoms with Crippen LogP contribution in [0.15, 0.2) is 54.6 Å².